The lowest BCUT2D eigenvalue weighted by atomic mass is 9.96. The van der Waals surface area contributed by atoms with E-state index in [1.807, 2.05) is 18.2 Å². The molecule has 0 saturated carbocycles. The van der Waals surface area contributed by atoms with Crippen LogP contribution in [0.15, 0.2) is 46.7 Å². The maximum absolute atomic E-state index is 9.15. The van der Waals surface area contributed by atoms with Crippen LogP contribution < -0.4 is 5.32 Å². The summed E-state index contributed by atoms with van der Waals surface area (Å²) in [7, 11) is 0. The van der Waals surface area contributed by atoms with Gasteiger partial charge in [0.1, 0.15) is 5.82 Å². The molecule has 5 nitrogen and oxygen atoms in total. The molecule has 23 heavy (non-hydrogen) atoms. The number of nitriles is 1. The fourth-order valence-corrected chi connectivity index (χ4v) is 3.40. The zero-order chi connectivity index (χ0) is 15.6. The van der Waals surface area contributed by atoms with E-state index in [-0.39, 0.29) is 6.04 Å². The Morgan fingerprint density at radius 2 is 2.17 bits per heavy atom. The fraction of sp³-hybridized carbons (Fsp3) is 0.333. The van der Waals surface area contributed by atoms with E-state index in [9.17, 15) is 0 Å². The molecule has 1 N–H and O–H groups in total. The summed E-state index contributed by atoms with van der Waals surface area (Å²) in [6.45, 7) is 3.28. The number of rotatable bonds is 2. The Morgan fingerprint density at radius 1 is 1.30 bits per heavy atom. The van der Waals surface area contributed by atoms with Gasteiger partial charge >= 0.3 is 0 Å². The molecule has 0 spiro atoms. The second-order valence-electron chi connectivity index (χ2n) is 5.85. The number of benzene rings is 1. The Hall–Kier alpha value is -2.58. The van der Waals surface area contributed by atoms with E-state index in [0.29, 0.717) is 5.56 Å². The molecule has 1 unspecified atom stereocenters. The minimum absolute atomic E-state index is 0.176. The van der Waals surface area contributed by atoms with Crippen LogP contribution >= 0.6 is 0 Å². The summed E-state index contributed by atoms with van der Waals surface area (Å²) in [5.41, 5.74) is 4.21. The van der Waals surface area contributed by atoms with Crippen LogP contribution in [0.4, 0.5) is 0 Å². The van der Waals surface area contributed by atoms with Crippen molar-refractivity contribution in [1.82, 2.24) is 10.2 Å². The molecule has 3 aliphatic rings. The van der Waals surface area contributed by atoms with Crippen LogP contribution in [0.3, 0.4) is 0 Å². The molecule has 5 heteroatoms. The van der Waals surface area contributed by atoms with Gasteiger partial charge in [0.25, 0.3) is 0 Å². The quantitative estimate of drug-likeness (QED) is 0.906. The van der Waals surface area contributed by atoms with Gasteiger partial charge in [0.15, 0.2) is 0 Å². The summed E-state index contributed by atoms with van der Waals surface area (Å²) >= 11 is 0. The Bertz CT molecular complexity index is 751. The Morgan fingerprint density at radius 3 is 3.00 bits per heavy atom. The molecule has 116 valence electrons. The molecule has 1 atom stereocenters. The van der Waals surface area contributed by atoms with E-state index in [4.69, 9.17) is 10.00 Å². The Kier molecular flexibility index (Phi) is 3.60. The van der Waals surface area contributed by atoms with E-state index in [2.05, 4.69) is 33.4 Å². The highest BCUT2D eigenvalue weighted by Crippen LogP contribution is 2.38. The lowest BCUT2D eigenvalue weighted by Gasteiger charge is -2.34. The summed E-state index contributed by atoms with van der Waals surface area (Å²) in [5, 5.41) is 12.5. The predicted octanol–water partition coefficient (Wildman–Crippen LogP) is 1.89. The molecule has 1 fully saturated rings. The summed E-state index contributed by atoms with van der Waals surface area (Å²) in [6, 6.07) is 10.2. The normalized spacial score (nSPS) is 23.2. The van der Waals surface area contributed by atoms with Crippen LogP contribution in [0.1, 0.15) is 17.5 Å². The molecule has 0 bridgehead atoms. The largest absolute Gasteiger partial charge is 0.378 e. The molecule has 0 radical (unpaired) electrons. The molecule has 1 aliphatic carbocycles. The third-order valence-corrected chi connectivity index (χ3v) is 4.51. The van der Waals surface area contributed by atoms with E-state index >= 15 is 0 Å². The van der Waals surface area contributed by atoms with E-state index in [1.54, 1.807) is 6.34 Å². The monoisotopic (exact) mass is 306 g/mol. The molecule has 0 amide bonds. The van der Waals surface area contributed by atoms with Gasteiger partial charge < -0.3 is 15.0 Å². The first-order chi connectivity index (χ1) is 11.4. The molecule has 0 aromatic heterocycles. The van der Waals surface area contributed by atoms with Gasteiger partial charge in [-0.3, -0.25) is 4.99 Å². The van der Waals surface area contributed by atoms with Crippen molar-refractivity contribution >= 4 is 11.9 Å². The van der Waals surface area contributed by atoms with Crippen molar-refractivity contribution in [2.45, 2.75) is 12.5 Å². The van der Waals surface area contributed by atoms with Crippen molar-refractivity contribution in [2.75, 3.05) is 26.3 Å². The van der Waals surface area contributed by atoms with Crippen LogP contribution in [0.25, 0.3) is 5.57 Å². The highest BCUT2D eigenvalue weighted by Gasteiger charge is 2.31. The van der Waals surface area contributed by atoms with Gasteiger partial charge in [-0.25, -0.2) is 0 Å². The summed E-state index contributed by atoms with van der Waals surface area (Å²) in [5.74, 6) is 1.14. The average Bonchev–Trinajstić information content (AvgIpc) is 3.07. The Balaban J connectivity index is 1.75. The van der Waals surface area contributed by atoms with E-state index < -0.39 is 0 Å². The fourth-order valence-electron chi connectivity index (χ4n) is 3.40. The summed E-state index contributed by atoms with van der Waals surface area (Å²) in [6.07, 6.45) is 4.95. The van der Waals surface area contributed by atoms with Gasteiger partial charge in [-0.1, -0.05) is 18.2 Å². The molecule has 1 saturated heterocycles. The van der Waals surface area contributed by atoms with Crippen LogP contribution in [0.2, 0.25) is 0 Å². The predicted molar refractivity (Wildman–Crippen MR) is 88.6 cm³/mol. The smallest absolute Gasteiger partial charge is 0.113 e. The molecule has 1 aromatic rings. The van der Waals surface area contributed by atoms with Crippen LogP contribution in [0, 0.1) is 11.3 Å². The number of ether oxygens (including phenoxy) is 1. The molecular formula is C18H18N4O. The Labute approximate surface area is 135 Å². The van der Waals surface area contributed by atoms with Gasteiger partial charge in [-0.05, 0) is 29.7 Å². The summed E-state index contributed by atoms with van der Waals surface area (Å²) in [4.78, 5) is 6.92. The van der Waals surface area contributed by atoms with Crippen molar-refractivity contribution in [1.29, 1.82) is 5.26 Å². The molecular weight excluding hydrogens is 288 g/mol. The first-order valence-electron chi connectivity index (χ1n) is 7.93. The van der Waals surface area contributed by atoms with Gasteiger partial charge in [-0.15, -0.1) is 0 Å². The number of nitrogens with zero attached hydrogens (tertiary/aromatic N) is 3. The van der Waals surface area contributed by atoms with Gasteiger partial charge in [0.05, 0.1) is 37.2 Å². The van der Waals surface area contributed by atoms with Crippen LogP contribution in [-0.4, -0.2) is 43.6 Å². The van der Waals surface area contributed by atoms with Gasteiger partial charge in [-0.2, -0.15) is 5.26 Å². The van der Waals surface area contributed by atoms with Crippen molar-refractivity contribution < 1.29 is 4.74 Å². The van der Waals surface area contributed by atoms with Crippen molar-refractivity contribution in [2.24, 2.45) is 4.99 Å². The first-order valence-corrected chi connectivity index (χ1v) is 7.93. The molecule has 4 rings (SSSR count). The van der Waals surface area contributed by atoms with Crippen molar-refractivity contribution in [3.63, 3.8) is 0 Å². The topological polar surface area (TPSA) is 60.7 Å². The molecule has 2 heterocycles. The second kappa shape index (κ2) is 5.90. The maximum Gasteiger partial charge on any atom is 0.113 e. The molecule has 2 aliphatic heterocycles. The third kappa shape index (κ3) is 2.51. The van der Waals surface area contributed by atoms with Gasteiger partial charge in [0, 0.05) is 18.7 Å². The maximum atomic E-state index is 9.15. The number of hydrogen-bond acceptors (Lipinski definition) is 5. The van der Waals surface area contributed by atoms with Gasteiger partial charge in [0.2, 0.25) is 0 Å². The van der Waals surface area contributed by atoms with Crippen LogP contribution in [0.5, 0.6) is 0 Å². The van der Waals surface area contributed by atoms with E-state index in [1.165, 1.54) is 11.1 Å². The number of aliphatic imine (C=N–C) groups is 1. The SMILES string of the molecule is N#Cc1cccc(C2=CCC3N=CNC(N4CCOCC4)=C23)c1. The second-order valence-corrected chi connectivity index (χ2v) is 5.85. The highest BCUT2D eigenvalue weighted by atomic mass is 16.5. The minimum atomic E-state index is 0.176. The zero-order valence-electron chi connectivity index (χ0n) is 12.8. The average molecular weight is 306 g/mol. The van der Waals surface area contributed by atoms with E-state index in [0.717, 1.165) is 44.1 Å². The minimum Gasteiger partial charge on any atom is -0.378 e. The number of morpholine rings is 1. The van der Waals surface area contributed by atoms with Crippen molar-refractivity contribution in [3.05, 3.63) is 52.9 Å². The highest BCUT2D eigenvalue weighted by molar-refractivity contribution is 5.86. The first kappa shape index (κ1) is 14.0. The third-order valence-electron chi connectivity index (χ3n) is 4.51. The standard InChI is InChI=1S/C18H18N4O/c19-11-13-2-1-3-14(10-13)15-4-5-16-17(15)18(21-12-20-16)22-6-8-23-9-7-22/h1-4,10,12,16H,5-9H2,(H,20,21). The van der Waals surface area contributed by atoms with Crippen LogP contribution in [-0.2, 0) is 4.74 Å². The molecule has 1 aromatic carbocycles. The lowest BCUT2D eigenvalue weighted by Crippen LogP contribution is -2.42. The number of fused-ring (bicyclic) bond motifs is 1. The lowest BCUT2D eigenvalue weighted by molar-refractivity contribution is 0.0510. The number of nitrogens with one attached hydrogen (secondary N) is 1. The number of hydrogen-bond donors (Lipinski definition) is 1. The zero-order valence-corrected chi connectivity index (χ0v) is 12.8. The summed E-state index contributed by atoms with van der Waals surface area (Å²) < 4.78 is 5.47. The van der Waals surface area contributed by atoms with Crippen molar-refractivity contribution in [3.8, 4) is 6.07 Å².